The van der Waals surface area contributed by atoms with Gasteiger partial charge in [0.1, 0.15) is 23.3 Å². The van der Waals surface area contributed by atoms with Crippen molar-refractivity contribution >= 4 is 11.6 Å². The zero-order valence-corrected chi connectivity index (χ0v) is 11.2. The van der Waals surface area contributed by atoms with Crippen molar-refractivity contribution in [2.75, 3.05) is 0 Å². The molecule has 0 fully saturated rings. The molecular formula is C13H16ClN3O. The Labute approximate surface area is 111 Å². The normalized spacial score (nSPS) is 12.4. The van der Waals surface area contributed by atoms with Gasteiger partial charge in [0.15, 0.2) is 0 Å². The molecule has 0 aliphatic heterocycles. The highest BCUT2D eigenvalue weighted by atomic mass is 35.5. The van der Waals surface area contributed by atoms with E-state index in [9.17, 15) is 0 Å². The van der Waals surface area contributed by atoms with Crippen LogP contribution in [0.15, 0.2) is 30.5 Å². The van der Waals surface area contributed by atoms with Gasteiger partial charge in [-0.2, -0.15) is 0 Å². The van der Waals surface area contributed by atoms with Gasteiger partial charge >= 0.3 is 0 Å². The van der Waals surface area contributed by atoms with Gasteiger partial charge in [0.05, 0.1) is 6.20 Å². The molecule has 0 saturated carbocycles. The van der Waals surface area contributed by atoms with Gasteiger partial charge in [-0.05, 0) is 24.6 Å². The number of hydrogen-bond acceptors (Lipinski definition) is 3. The summed E-state index contributed by atoms with van der Waals surface area (Å²) in [4.78, 5) is 4.17. The van der Waals surface area contributed by atoms with Gasteiger partial charge < -0.3 is 15.0 Å². The van der Waals surface area contributed by atoms with Crippen molar-refractivity contribution < 1.29 is 4.74 Å². The number of imidazole rings is 1. The lowest BCUT2D eigenvalue weighted by Crippen LogP contribution is -2.06. The van der Waals surface area contributed by atoms with Gasteiger partial charge in [0.25, 0.3) is 0 Å². The van der Waals surface area contributed by atoms with Crippen LogP contribution >= 0.6 is 11.6 Å². The predicted molar refractivity (Wildman–Crippen MR) is 71.6 cm³/mol. The minimum atomic E-state index is -0.00356. The SMILES string of the molecule is CC(N)c1cccc(OCc2ncc(Cl)n2C)c1. The molecule has 0 amide bonds. The van der Waals surface area contributed by atoms with E-state index in [-0.39, 0.29) is 6.04 Å². The Bertz CT molecular complexity index is 537. The van der Waals surface area contributed by atoms with E-state index in [1.165, 1.54) is 0 Å². The molecule has 2 N–H and O–H groups in total. The topological polar surface area (TPSA) is 53.1 Å². The molecule has 0 radical (unpaired) electrons. The molecule has 18 heavy (non-hydrogen) atoms. The smallest absolute Gasteiger partial charge is 0.147 e. The lowest BCUT2D eigenvalue weighted by atomic mass is 10.1. The lowest BCUT2D eigenvalue weighted by Gasteiger charge is -2.10. The van der Waals surface area contributed by atoms with E-state index in [1.807, 2.05) is 38.2 Å². The molecule has 1 aromatic heterocycles. The highest BCUT2D eigenvalue weighted by molar-refractivity contribution is 6.29. The van der Waals surface area contributed by atoms with Gasteiger partial charge in [-0.3, -0.25) is 0 Å². The summed E-state index contributed by atoms with van der Waals surface area (Å²) in [6.45, 7) is 2.32. The second-order valence-corrected chi connectivity index (χ2v) is 4.59. The molecule has 2 rings (SSSR count). The number of benzene rings is 1. The summed E-state index contributed by atoms with van der Waals surface area (Å²) in [5.74, 6) is 1.56. The lowest BCUT2D eigenvalue weighted by molar-refractivity contribution is 0.291. The Kier molecular flexibility index (Phi) is 3.89. The van der Waals surface area contributed by atoms with Gasteiger partial charge in [-0.1, -0.05) is 23.7 Å². The monoisotopic (exact) mass is 265 g/mol. The summed E-state index contributed by atoms with van der Waals surface area (Å²) < 4.78 is 7.47. The van der Waals surface area contributed by atoms with E-state index >= 15 is 0 Å². The molecule has 4 nitrogen and oxygen atoms in total. The minimum absolute atomic E-state index is 0.00356. The summed E-state index contributed by atoms with van der Waals surface area (Å²) in [5, 5.41) is 0.595. The van der Waals surface area contributed by atoms with Crippen LogP contribution in [0.5, 0.6) is 5.75 Å². The standard InChI is InChI=1S/C13H16ClN3O/c1-9(15)10-4-3-5-11(6-10)18-8-13-16-7-12(14)17(13)2/h3-7,9H,8,15H2,1-2H3. The molecule has 0 spiro atoms. The van der Waals surface area contributed by atoms with Crippen molar-refractivity contribution in [3.63, 3.8) is 0 Å². The fourth-order valence-electron chi connectivity index (χ4n) is 1.59. The van der Waals surface area contributed by atoms with E-state index < -0.39 is 0 Å². The second kappa shape index (κ2) is 5.42. The Morgan fingerprint density at radius 1 is 1.50 bits per heavy atom. The fraction of sp³-hybridized carbons (Fsp3) is 0.308. The first kappa shape index (κ1) is 12.9. The van der Waals surface area contributed by atoms with Crippen molar-refractivity contribution in [3.05, 3.63) is 47.0 Å². The third-order valence-corrected chi connectivity index (χ3v) is 3.13. The van der Waals surface area contributed by atoms with Crippen molar-refractivity contribution in [2.45, 2.75) is 19.6 Å². The largest absolute Gasteiger partial charge is 0.486 e. The number of aromatic nitrogens is 2. The zero-order valence-electron chi connectivity index (χ0n) is 10.4. The number of nitrogens with zero attached hydrogens (tertiary/aromatic N) is 2. The van der Waals surface area contributed by atoms with Gasteiger partial charge in [0, 0.05) is 13.1 Å². The molecule has 1 aromatic carbocycles. The van der Waals surface area contributed by atoms with Crippen LogP contribution in [0, 0.1) is 0 Å². The molecule has 5 heteroatoms. The Balaban J connectivity index is 2.06. The summed E-state index contributed by atoms with van der Waals surface area (Å²) in [5.41, 5.74) is 6.87. The van der Waals surface area contributed by atoms with Crippen LogP contribution in [-0.4, -0.2) is 9.55 Å². The molecular weight excluding hydrogens is 250 g/mol. The number of rotatable bonds is 4. The number of ether oxygens (including phenoxy) is 1. The molecule has 0 aliphatic rings. The van der Waals surface area contributed by atoms with E-state index in [0.29, 0.717) is 11.8 Å². The van der Waals surface area contributed by atoms with Gasteiger partial charge in [-0.15, -0.1) is 0 Å². The summed E-state index contributed by atoms with van der Waals surface area (Å²) >= 11 is 5.91. The number of hydrogen-bond donors (Lipinski definition) is 1. The van der Waals surface area contributed by atoms with Crippen LogP contribution in [0.2, 0.25) is 5.15 Å². The molecule has 0 saturated heterocycles. The summed E-state index contributed by atoms with van der Waals surface area (Å²) in [7, 11) is 1.85. The Hall–Kier alpha value is -1.52. The molecule has 96 valence electrons. The highest BCUT2D eigenvalue weighted by Gasteiger charge is 2.06. The Morgan fingerprint density at radius 2 is 2.28 bits per heavy atom. The zero-order chi connectivity index (χ0) is 13.1. The quantitative estimate of drug-likeness (QED) is 0.925. The maximum Gasteiger partial charge on any atom is 0.147 e. The predicted octanol–water partition coefficient (Wildman–Crippen LogP) is 2.67. The maximum absolute atomic E-state index is 5.91. The van der Waals surface area contributed by atoms with Gasteiger partial charge in [0.2, 0.25) is 0 Å². The maximum atomic E-state index is 5.91. The van der Waals surface area contributed by atoms with Crippen LogP contribution in [-0.2, 0) is 13.7 Å². The van der Waals surface area contributed by atoms with E-state index in [4.69, 9.17) is 22.1 Å². The molecule has 1 unspecified atom stereocenters. The summed E-state index contributed by atoms with van der Waals surface area (Å²) in [6, 6.07) is 7.75. The van der Waals surface area contributed by atoms with Crippen molar-refractivity contribution in [1.82, 2.24) is 9.55 Å². The molecule has 1 heterocycles. The van der Waals surface area contributed by atoms with Gasteiger partial charge in [-0.25, -0.2) is 4.98 Å². The average Bonchev–Trinajstić information content (AvgIpc) is 2.68. The van der Waals surface area contributed by atoms with E-state index in [0.717, 1.165) is 17.1 Å². The van der Waals surface area contributed by atoms with Crippen LogP contribution in [0.3, 0.4) is 0 Å². The highest BCUT2D eigenvalue weighted by Crippen LogP contribution is 2.19. The average molecular weight is 266 g/mol. The molecule has 2 aromatic rings. The molecule has 1 atom stereocenters. The minimum Gasteiger partial charge on any atom is -0.486 e. The fourth-order valence-corrected chi connectivity index (χ4v) is 1.74. The second-order valence-electron chi connectivity index (χ2n) is 4.21. The first-order chi connectivity index (χ1) is 8.58. The molecule has 0 aliphatic carbocycles. The van der Waals surface area contributed by atoms with Crippen LogP contribution < -0.4 is 10.5 Å². The van der Waals surface area contributed by atoms with E-state index in [1.54, 1.807) is 10.8 Å². The third kappa shape index (κ3) is 2.83. The van der Waals surface area contributed by atoms with Crippen LogP contribution in [0.1, 0.15) is 24.4 Å². The van der Waals surface area contributed by atoms with E-state index in [2.05, 4.69) is 4.98 Å². The molecule has 0 bridgehead atoms. The third-order valence-electron chi connectivity index (χ3n) is 2.78. The number of halogens is 1. The van der Waals surface area contributed by atoms with Crippen LogP contribution in [0.25, 0.3) is 0 Å². The van der Waals surface area contributed by atoms with Crippen molar-refractivity contribution in [3.8, 4) is 5.75 Å². The number of nitrogens with two attached hydrogens (primary N) is 1. The van der Waals surface area contributed by atoms with Crippen molar-refractivity contribution in [1.29, 1.82) is 0 Å². The Morgan fingerprint density at radius 3 is 2.89 bits per heavy atom. The first-order valence-electron chi connectivity index (χ1n) is 5.72. The van der Waals surface area contributed by atoms with Crippen LogP contribution in [0.4, 0.5) is 0 Å². The first-order valence-corrected chi connectivity index (χ1v) is 6.10. The summed E-state index contributed by atoms with van der Waals surface area (Å²) in [6.07, 6.45) is 1.61. The van der Waals surface area contributed by atoms with Crippen molar-refractivity contribution in [2.24, 2.45) is 12.8 Å².